The summed E-state index contributed by atoms with van der Waals surface area (Å²) in [7, 11) is 0. The van der Waals surface area contributed by atoms with E-state index < -0.39 is 0 Å². The SMILES string of the molecule is CC(C)(C)c1ccncc1.[Pt+2].c1cc2c(-c3[n-]nc4c3CCCC4)nc(-c3[n-]nc4c3CCCC4)cc2cn1. The number of nitrogens with zero attached hydrogens (tertiary/aromatic N) is 7. The van der Waals surface area contributed by atoms with Crippen molar-refractivity contribution in [1.82, 2.24) is 35.3 Å². The van der Waals surface area contributed by atoms with Gasteiger partial charge >= 0.3 is 21.1 Å². The van der Waals surface area contributed by atoms with E-state index in [0.717, 1.165) is 70.6 Å². The molecule has 39 heavy (non-hydrogen) atoms. The first kappa shape index (κ1) is 27.4. The molecule has 2 aliphatic rings. The average Bonchev–Trinajstić information content (AvgIpc) is 3.58. The summed E-state index contributed by atoms with van der Waals surface area (Å²) in [6, 6.07) is 8.23. The van der Waals surface area contributed by atoms with Crippen LogP contribution < -0.4 is 10.2 Å². The van der Waals surface area contributed by atoms with Gasteiger partial charge in [0.25, 0.3) is 0 Å². The van der Waals surface area contributed by atoms with Gasteiger partial charge in [-0.05, 0) is 97.7 Å². The second-order valence-electron chi connectivity index (χ2n) is 11.3. The third kappa shape index (κ3) is 5.60. The molecule has 0 unspecified atom stereocenters. The summed E-state index contributed by atoms with van der Waals surface area (Å²) in [5, 5.41) is 20.1. The molecule has 0 saturated heterocycles. The summed E-state index contributed by atoms with van der Waals surface area (Å²) in [4.78, 5) is 13.4. The molecule has 8 heteroatoms. The van der Waals surface area contributed by atoms with Gasteiger partial charge in [0.15, 0.2) is 0 Å². The molecule has 7 rings (SSSR count). The zero-order valence-corrected chi connectivity index (χ0v) is 25.0. The molecular formula is C31H33N7Pt. The second-order valence-corrected chi connectivity index (χ2v) is 11.3. The number of fused-ring (bicyclic) bond motifs is 3. The van der Waals surface area contributed by atoms with Crippen molar-refractivity contribution in [3.05, 3.63) is 77.1 Å². The van der Waals surface area contributed by atoms with E-state index in [1.165, 1.54) is 42.4 Å². The fraction of sp³-hybridized carbons (Fsp3) is 0.387. The van der Waals surface area contributed by atoms with Crippen LogP contribution in [0.4, 0.5) is 0 Å². The third-order valence-electron chi connectivity index (χ3n) is 7.64. The van der Waals surface area contributed by atoms with Gasteiger partial charge in [-0.2, -0.15) is 0 Å². The van der Waals surface area contributed by atoms with Gasteiger partial charge in [-0.25, -0.2) is 0 Å². The first-order valence-electron chi connectivity index (χ1n) is 13.7. The van der Waals surface area contributed by atoms with Crippen molar-refractivity contribution in [1.29, 1.82) is 0 Å². The van der Waals surface area contributed by atoms with Crippen LogP contribution in [0, 0.1) is 0 Å². The largest absolute Gasteiger partial charge is 2.00 e. The molecule has 0 amide bonds. The molecule has 0 radical (unpaired) electrons. The summed E-state index contributed by atoms with van der Waals surface area (Å²) < 4.78 is 0. The quantitative estimate of drug-likeness (QED) is 0.230. The van der Waals surface area contributed by atoms with Gasteiger partial charge in [0, 0.05) is 46.9 Å². The molecule has 5 heterocycles. The smallest absolute Gasteiger partial charge is 0.573 e. The summed E-state index contributed by atoms with van der Waals surface area (Å²) in [6.07, 6.45) is 16.3. The minimum atomic E-state index is 0. The maximum absolute atomic E-state index is 5.07. The van der Waals surface area contributed by atoms with E-state index in [1.807, 2.05) is 30.9 Å². The van der Waals surface area contributed by atoms with Crippen molar-refractivity contribution in [2.75, 3.05) is 0 Å². The van der Waals surface area contributed by atoms with Gasteiger partial charge < -0.3 is 20.4 Å². The fourth-order valence-electron chi connectivity index (χ4n) is 5.50. The Balaban J connectivity index is 0.000000240. The summed E-state index contributed by atoms with van der Waals surface area (Å²) in [6.45, 7) is 6.59. The van der Waals surface area contributed by atoms with Crippen LogP contribution in [0.1, 0.15) is 74.5 Å². The van der Waals surface area contributed by atoms with Crippen molar-refractivity contribution in [2.45, 2.75) is 77.6 Å². The molecule has 2 aliphatic carbocycles. The summed E-state index contributed by atoms with van der Waals surface area (Å²) in [5.74, 6) is 0. The van der Waals surface area contributed by atoms with E-state index in [0.29, 0.717) is 0 Å². The van der Waals surface area contributed by atoms with Gasteiger partial charge in [-0.1, -0.05) is 32.2 Å². The van der Waals surface area contributed by atoms with Crippen molar-refractivity contribution >= 4 is 10.8 Å². The van der Waals surface area contributed by atoms with Crippen LogP contribution in [0.2, 0.25) is 0 Å². The van der Waals surface area contributed by atoms with Crippen LogP contribution in [0.25, 0.3) is 33.5 Å². The van der Waals surface area contributed by atoms with Gasteiger partial charge in [0.1, 0.15) is 0 Å². The van der Waals surface area contributed by atoms with E-state index in [2.05, 4.69) is 69.3 Å². The molecule has 0 N–H and O–H groups in total. The van der Waals surface area contributed by atoms with Crippen LogP contribution in [-0.4, -0.2) is 25.1 Å². The topological polar surface area (TPSA) is 92.7 Å². The molecule has 0 spiro atoms. The first-order valence-corrected chi connectivity index (χ1v) is 13.7. The van der Waals surface area contributed by atoms with Crippen LogP contribution in [0.3, 0.4) is 0 Å². The zero-order valence-electron chi connectivity index (χ0n) is 22.7. The number of aryl methyl sites for hydroxylation is 2. The van der Waals surface area contributed by atoms with Crippen LogP contribution in [0.15, 0.2) is 49.1 Å². The number of pyridine rings is 3. The van der Waals surface area contributed by atoms with E-state index in [9.17, 15) is 0 Å². The molecule has 7 nitrogen and oxygen atoms in total. The monoisotopic (exact) mass is 698 g/mol. The molecule has 5 aromatic rings. The molecule has 0 aromatic carbocycles. The Kier molecular flexibility index (Phi) is 8.08. The maximum atomic E-state index is 5.07. The van der Waals surface area contributed by atoms with Crippen LogP contribution in [0.5, 0.6) is 0 Å². The first-order chi connectivity index (χ1) is 18.5. The van der Waals surface area contributed by atoms with Gasteiger partial charge in [0.05, 0.1) is 11.4 Å². The van der Waals surface area contributed by atoms with E-state index in [4.69, 9.17) is 4.98 Å². The van der Waals surface area contributed by atoms with Crippen molar-refractivity contribution < 1.29 is 21.1 Å². The average molecular weight is 699 g/mol. The van der Waals surface area contributed by atoms with Crippen molar-refractivity contribution in [3.8, 4) is 22.8 Å². The van der Waals surface area contributed by atoms with Crippen molar-refractivity contribution in [2.24, 2.45) is 0 Å². The molecular weight excluding hydrogens is 665 g/mol. The zero-order chi connectivity index (χ0) is 26.1. The normalized spacial score (nSPS) is 14.5. The van der Waals surface area contributed by atoms with E-state index >= 15 is 0 Å². The second kappa shape index (κ2) is 11.5. The van der Waals surface area contributed by atoms with Crippen molar-refractivity contribution in [3.63, 3.8) is 0 Å². The van der Waals surface area contributed by atoms with Gasteiger partial charge in [0.2, 0.25) is 0 Å². The van der Waals surface area contributed by atoms with E-state index in [1.54, 1.807) is 0 Å². The van der Waals surface area contributed by atoms with Crippen LogP contribution >= 0.6 is 0 Å². The predicted octanol–water partition coefficient (Wildman–Crippen LogP) is 5.80. The van der Waals surface area contributed by atoms with E-state index in [-0.39, 0.29) is 26.5 Å². The Morgan fingerprint density at radius 1 is 0.718 bits per heavy atom. The Hall–Kier alpha value is -3.18. The molecule has 0 saturated carbocycles. The number of rotatable bonds is 2. The van der Waals surface area contributed by atoms with Gasteiger partial charge in [-0.15, -0.1) is 0 Å². The maximum Gasteiger partial charge on any atom is 2.00 e. The molecule has 202 valence electrons. The summed E-state index contributed by atoms with van der Waals surface area (Å²) >= 11 is 0. The molecule has 0 aliphatic heterocycles. The minimum Gasteiger partial charge on any atom is -0.573 e. The third-order valence-corrected chi connectivity index (χ3v) is 7.64. The number of hydrogen-bond acceptors (Lipinski definition) is 5. The Bertz CT molecular complexity index is 1560. The molecule has 0 atom stereocenters. The predicted molar refractivity (Wildman–Crippen MR) is 149 cm³/mol. The Morgan fingerprint density at radius 3 is 1.95 bits per heavy atom. The fourth-order valence-corrected chi connectivity index (χ4v) is 5.50. The number of aromatic nitrogens is 7. The standard InChI is InChI=1S/C22H20N6.C9H13N.Pt/c1-3-7-17-15(5-1)20(27-25-17)19-11-13-12-23-10-9-14(13)21(24-19)22-16-6-2-4-8-18(16)26-28-22;1-9(2,3)8-4-6-10-7-5-8;/h9-12H,1-8H2;4-7H,1-3H3;/q-2;;+2. The minimum absolute atomic E-state index is 0. The number of hydrogen-bond donors (Lipinski definition) is 0. The molecule has 0 bridgehead atoms. The van der Waals surface area contributed by atoms with Gasteiger partial charge in [-0.3, -0.25) is 15.0 Å². The Morgan fingerprint density at radius 2 is 1.31 bits per heavy atom. The molecule has 0 fully saturated rings. The Labute approximate surface area is 243 Å². The summed E-state index contributed by atoms with van der Waals surface area (Å²) in [5.41, 5.74) is 10.0. The molecule has 5 aromatic heterocycles. The van der Waals surface area contributed by atoms with Crippen LogP contribution in [-0.2, 0) is 52.2 Å².